The molecule has 0 amide bonds. The van der Waals surface area contributed by atoms with Crippen LogP contribution in [0.3, 0.4) is 0 Å². The second-order valence-corrected chi connectivity index (χ2v) is 6.67. The van der Waals surface area contributed by atoms with Crippen molar-refractivity contribution in [2.45, 2.75) is 32.4 Å². The van der Waals surface area contributed by atoms with E-state index in [4.69, 9.17) is 19.2 Å². The average Bonchev–Trinajstić information content (AvgIpc) is 2.73. The first-order chi connectivity index (χ1) is 13.7. The summed E-state index contributed by atoms with van der Waals surface area (Å²) >= 11 is 0. The number of nitrogens with one attached hydrogen (secondary N) is 2. The highest BCUT2D eigenvalue weighted by molar-refractivity contribution is 5.80. The van der Waals surface area contributed by atoms with Crippen LogP contribution in [0.25, 0.3) is 0 Å². The van der Waals surface area contributed by atoms with Gasteiger partial charge in [-0.15, -0.1) is 0 Å². The molecule has 0 fully saturated rings. The number of rotatable bonds is 7. The van der Waals surface area contributed by atoms with E-state index in [0.29, 0.717) is 13.2 Å². The molecule has 2 atom stereocenters. The molecule has 0 saturated heterocycles. The minimum atomic E-state index is -0.0891. The third-order valence-electron chi connectivity index (χ3n) is 4.52. The molecule has 0 aromatic heterocycles. The number of methoxy groups -OCH3 is 1. The molecular formula is C22H29N3O3. The van der Waals surface area contributed by atoms with Crippen molar-refractivity contribution in [3.63, 3.8) is 0 Å². The molecule has 150 valence electrons. The van der Waals surface area contributed by atoms with Crippen LogP contribution in [-0.4, -0.2) is 38.9 Å². The lowest BCUT2D eigenvalue weighted by atomic mass is 10.0. The van der Waals surface area contributed by atoms with E-state index in [2.05, 4.69) is 23.6 Å². The fraction of sp³-hybridized carbons (Fsp3) is 0.409. The van der Waals surface area contributed by atoms with Crippen LogP contribution in [0.1, 0.15) is 31.9 Å². The Morgan fingerprint density at radius 2 is 1.93 bits per heavy atom. The standard InChI is InChI=1S/C22H29N3O3/c1-4-23-22(25-18-13-14-27-19-10-6-5-9-17(18)19)24-15-16(2)28-21-12-8-7-11-20(21)26-3/h5-12,16,18H,4,13-15H2,1-3H3,(H2,23,24,25). The number of hydrogen-bond acceptors (Lipinski definition) is 4. The molecule has 2 aromatic carbocycles. The minimum absolute atomic E-state index is 0.0891. The maximum absolute atomic E-state index is 6.00. The topological polar surface area (TPSA) is 64.1 Å². The number of ether oxygens (including phenoxy) is 3. The normalized spacial score (nSPS) is 17.1. The second kappa shape index (κ2) is 9.88. The number of fused-ring (bicyclic) bond motifs is 1. The zero-order valence-electron chi connectivity index (χ0n) is 16.8. The van der Waals surface area contributed by atoms with Crippen molar-refractivity contribution in [1.29, 1.82) is 0 Å². The van der Waals surface area contributed by atoms with Crippen LogP contribution < -0.4 is 24.8 Å². The molecule has 0 saturated carbocycles. The number of para-hydroxylation sites is 3. The fourth-order valence-corrected chi connectivity index (χ4v) is 3.17. The van der Waals surface area contributed by atoms with Gasteiger partial charge in [-0.3, -0.25) is 0 Å². The molecule has 28 heavy (non-hydrogen) atoms. The monoisotopic (exact) mass is 383 g/mol. The predicted molar refractivity (Wildman–Crippen MR) is 111 cm³/mol. The molecule has 1 aliphatic heterocycles. The molecule has 0 radical (unpaired) electrons. The molecule has 0 spiro atoms. The van der Waals surface area contributed by atoms with E-state index >= 15 is 0 Å². The van der Waals surface area contributed by atoms with Crippen molar-refractivity contribution in [3.8, 4) is 17.2 Å². The molecule has 1 aliphatic rings. The molecule has 2 unspecified atom stereocenters. The van der Waals surface area contributed by atoms with Crippen molar-refractivity contribution < 1.29 is 14.2 Å². The SMILES string of the molecule is CCNC(=NCC(C)Oc1ccccc1OC)NC1CCOc2ccccc21. The van der Waals surface area contributed by atoms with Gasteiger partial charge in [-0.25, -0.2) is 4.99 Å². The zero-order valence-corrected chi connectivity index (χ0v) is 16.8. The maximum Gasteiger partial charge on any atom is 0.191 e. The van der Waals surface area contributed by atoms with Gasteiger partial charge in [-0.2, -0.15) is 0 Å². The summed E-state index contributed by atoms with van der Waals surface area (Å²) in [5, 5.41) is 6.85. The van der Waals surface area contributed by atoms with E-state index in [0.717, 1.165) is 41.7 Å². The molecule has 3 rings (SSSR count). The Bertz CT molecular complexity index is 794. The summed E-state index contributed by atoms with van der Waals surface area (Å²) in [6.07, 6.45) is 0.808. The first-order valence-electron chi connectivity index (χ1n) is 9.77. The molecule has 2 N–H and O–H groups in total. The lowest BCUT2D eigenvalue weighted by Gasteiger charge is -2.28. The predicted octanol–water partition coefficient (Wildman–Crippen LogP) is 3.54. The molecule has 0 bridgehead atoms. The Morgan fingerprint density at radius 3 is 2.71 bits per heavy atom. The Hall–Kier alpha value is -2.89. The van der Waals surface area contributed by atoms with E-state index in [1.807, 2.05) is 49.4 Å². The van der Waals surface area contributed by atoms with E-state index in [9.17, 15) is 0 Å². The maximum atomic E-state index is 6.00. The van der Waals surface area contributed by atoms with Gasteiger partial charge in [0.1, 0.15) is 11.9 Å². The van der Waals surface area contributed by atoms with Gasteiger partial charge in [0.25, 0.3) is 0 Å². The number of hydrogen-bond donors (Lipinski definition) is 2. The van der Waals surface area contributed by atoms with Gasteiger partial charge in [0.15, 0.2) is 17.5 Å². The van der Waals surface area contributed by atoms with Gasteiger partial charge in [-0.05, 0) is 32.0 Å². The van der Waals surface area contributed by atoms with Gasteiger partial charge in [-0.1, -0.05) is 30.3 Å². The Balaban J connectivity index is 1.64. The smallest absolute Gasteiger partial charge is 0.191 e. The molecular weight excluding hydrogens is 354 g/mol. The van der Waals surface area contributed by atoms with Crippen molar-refractivity contribution in [3.05, 3.63) is 54.1 Å². The summed E-state index contributed by atoms with van der Waals surface area (Å²) in [4.78, 5) is 4.72. The molecule has 2 aromatic rings. The highest BCUT2D eigenvalue weighted by Crippen LogP contribution is 2.31. The van der Waals surface area contributed by atoms with E-state index < -0.39 is 0 Å². The fourth-order valence-electron chi connectivity index (χ4n) is 3.17. The summed E-state index contributed by atoms with van der Waals surface area (Å²) in [6, 6.07) is 16.0. The first kappa shape index (κ1) is 19.9. The number of benzene rings is 2. The van der Waals surface area contributed by atoms with E-state index in [1.54, 1.807) is 7.11 Å². The van der Waals surface area contributed by atoms with Crippen molar-refractivity contribution in [1.82, 2.24) is 10.6 Å². The number of nitrogens with zero attached hydrogens (tertiary/aromatic N) is 1. The largest absolute Gasteiger partial charge is 0.493 e. The minimum Gasteiger partial charge on any atom is -0.493 e. The molecule has 6 heteroatoms. The summed E-state index contributed by atoms with van der Waals surface area (Å²) in [6.45, 7) is 6.07. The van der Waals surface area contributed by atoms with Crippen molar-refractivity contribution in [2.24, 2.45) is 4.99 Å². The van der Waals surface area contributed by atoms with Crippen molar-refractivity contribution >= 4 is 5.96 Å². The van der Waals surface area contributed by atoms with Crippen LogP contribution in [0.5, 0.6) is 17.2 Å². The van der Waals surface area contributed by atoms with Gasteiger partial charge in [0.05, 0.1) is 26.3 Å². The van der Waals surface area contributed by atoms with Crippen molar-refractivity contribution in [2.75, 3.05) is 26.8 Å². The van der Waals surface area contributed by atoms with Crippen LogP contribution in [0.4, 0.5) is 0 Å². The zero-order chi connectivity index (χ0) is 19.8. The van der Waals surface area contributed by atoms with Crippen LogP contribution >= 0.6 is 0 Å². The lowest BCUT2D eigenvalue weighted by molar-refractivity contribution is 0.219. The Kier molecular flexibility index (Phi) is 7.00. The van der Waals surface area contributed by atoms with Gasteiger partial charge in [0, 0.05) is 18.5 Å². The van der Waals surface area contributed by atoms with Crippen LogP contribution in [-0.2, 0) is 0 Å². The third-order valence-corrected chi connectivity index (χ3v) is 4.52. The van der Waals surface area contributed by atoms with Gasteiger partial charge >= 0.3 is 0 Å². The Labute approximate surface area is 166 Å². The van der Waals surface area contributed by atoms with E-state index in [1.165, 1.54) is 0 Å². The summed E-state index contributed by atoms with van der Waals surface area (Å²) in [7, 11) is 1.64. The Morgan fingerprint density at radius 1 is 1.18 bits per heavy atom. The molecule has 1 heterocycles. The number of guanidine groups is 1. The third kappa shape index (κ3) is 5.09. The van der Waals surface area contributed by atoms with Crippen LogP contribution in [0.15, 0.2) is 53.5 Å². The van der Waals surface area contributed by atoms with Gasteiger partial charge < -0.3 is 24.8 Å². The number of aliphatic imine (C=N–C) groups is 1. The summed E-state index contributed by atoms with van der Waals surface area (Å²) in [5.74, 6) is 3.17. The highest BCUT2D eigenvalue weighted by atomic mass is 16.5. The highest BCUT2D eigenvalue weighted by Gasteiger charge is 2.22. The molecule has 0 aliphatic carbocycles. The lowest BCUT2D eigenvalue weighted by Crippen LogP contribution is -2.41. The van der Waals surface area contributed by atoms with Gasteiger partial charge in [0.2, 0.25) is 0 Å². The average molecular weight is 383 g/mol. The first-order valence-corrected chi connectivity index (χ1v) is 9.77. The van der Waals surface area contributed by atoms with Crippen LogP contribution in [0.2, 0.25) is 0 Å². The summed E-state index contributed by atoms with van der Waals surface area (Å²) < 4.78 is 17.1. The van der Waals surface area contributed by atoms with Crippen LogP contribution in [0, 0.1) is 0 Å². The second-order valence-electron chi connectivity index (χ2n) is 6.67. The quantitative estimate of drug-likeness (QED) is 0.566. The summed E-state index contributed by atoms with van der Waals surface area (Å²) in [5.41, 5.74) is 1.16. The molecule has 6 nitrogen and oxygen atoms in total. The van der Waals surface area contributed by atoms with E-state index in [-0.39, 0.29) is 12.1 Å².